The van der Waals surface area contributed by atoms with Crippen molar-refractivity contribution in [3.8, 4) is 34.1 Å². The van der Waals surface area contributed by atoms with Gasteiger partial charge in [-0.3, -0.25) is 9.36 Å². The van der Waals surface area contributed by atoms with Crippen molar-refractivity contribution in [3.05, 3.63) is 80.6 Å². The predicted molar refractivity (Wildman–Crippen MR) is 151 cm³/mol. The first-order chi connectivity index (χ1) is 20.3. The van der Waals surface area contributed by atoms with Crippen molar-refractivity contribution >= 4 is 29.3 Å². The Morgan fingerprint density at radius 3 is 2.83 bits per heavy atom. The number of primary amides is 1. The van der Waals surface area contributed by atoms with Crippen LogP contribution in [0.4, 0.5) is 4.79 Å². The molecule has 1 aromatic carbocycles. The van der Waals surface area contributed by atoms with Gasteiger partial charge < -0.3 is 20.2 Å². The van der Waals surface area contributed by atoms with Crippen LogP contribution in [0.1, 0.15) is 29.7 Å². The molecule has 1 aliphatic rings. The van der Waals surface area contributed by atoms with E-state index in [1.54, 1.807) is 35.9 Å². The molecular formula is C26H22Cl2N10O4. The van der Waals surface area contributed by atoms with Gasteiger partial charge in [-0.05, 0) is 41.1 Å². The number of carbonyl (C=O) groups is 1. The molecule has 42 heavy (non-hydrogen) atoms. The third-order valence-electron chi connectivity index (χ3n) is 6.77. The number of imidazole rings is 1. The lowest BCUT2D eigenvalue weighted by Crippen LogP contribution is -2.25. The molecular weight excluding hydrogens is 587 g/mol. The van der Waals surface area contributed by atoms with Gasteiger partial charge in [0, 0.05) is 53.9 Å². The molecule has 5 heterocycles. The number of nitrogens with zero attached hydrogens (tertiary/aromatic N) is 8. The molecule has 0 aliphatic carbocycles. The Balaban J connectivity index is 1.35. The normalized spacial score (nSPS) is 14.2. The summed E-state index contributed by atoms with van der Waals surface area (Å²) < 4.78 is 13.3. The van der Waals surface area contributed by atoms with Crippen LogP contribution in [0.15, 0.2) is 47.7 Å². The van der Waals surface area contributed by atoms with E-state index in [0.717, 1.165) is 0 Å². The summed E-state index contributed by atoms with van der Waals surface area (Å²) in [6, 6.07) is 7.99. The van der Waals surface area contributed by atoms with Gasteiger partial charge in [-0.15, -0.1) is 5.10 Å². The molecule has 0 spiro atoms. The molecule has 16 heteroatoms. The van der Waals surface area contributed by atoms with Gasteiger partial charge in [0.1, 0.15) is 28.8 Å². The molecule has 0 saturated carbocycles. The van der Waals surface area contributed by atoms with Gasteiger partial charge in [0.15, 0.2) is 0 Å². The minimum atomic E-state index is -0.974. The third-order valence-corrected chi connectivity index (χ3v) is 7.28. The number of hydrogen-bond acceptors (Lipinski definition) is 10. The van der Waals surface area contributed by atoms with E-state index >= 15 is 0 Å². The number of ether oxygens (including phenoxy) is 2. The van der Waals surface area contributed by atoms with E-state index in [4.69, 9.17) is 48.4 Å². The smallest absolute Gasteiger partial charge is 0.391 e. The predicted octanol–water partition coefficient (Wildman–Crippen LogP) is 3.16. The number of halogens is 2. The third kappa shape index (κ3) is 5.22. The first-order valence-electron chi connectivity index (χ1n) is 12.7. The molecule has 6 rings (SSSR count). The number of nitrogens with two attached hydrogens (primary N) is 1. The highest BCUT2D eigenvalue weighted by atomic mass is 35.5. The summed E-state index contributed by atoms with van der Waals surface area (Å²) in [4.78, 5) is 41.7. The van der Waals surface area contributed by atoms with E-state index in [0.29, 0.717) is 76.3 Å². The second-order valence-electron chi connectivity index (χ2n) is 9.37. The van der Waals surface area contributed by atoms with E-state index < -0.39 is 12.1 Å². The van der Waals surface area contributed by atoms with Gasteiger partial charge in [0.05, 0.1) is 24.0 Å². The number of aromatic nitrogens is 9. The SMILES string of the molecule is COCCc1cc(-c2nc([C@@H]3CCc4nc(-c5cc(Cl)ccc5-n5cnnn5)cc(=O)n43)[nH]c2Cl)cnc1OC(N)=O. The van der Waals surface area contributed by atoms with Crippen LogP contribution >= 0.6 is 23.2 Å². The highest BCUT2D eigenvalue weighted by Crippen LogP contribution is 2.35. The van der Waals surface area contributed by atoms with Crippen LogP contribution < -0.4 is 16.0 Å². The number of H-pyrrole nitrogens is 1. The van der Waals surface area contributed by atoms with Crippen molar-refractivity contribution in [1.29, 1.82) is 0 Å². The maximum absolute atomic E-state index is 13.5. The lowest BCUT2D eigenvalue weighted by Gasteiger charge is -2.14. The molecule has 0 bridgehead atoms. The van der Waals surface area contributed by atoms with Crippen molar-refractivity contribution in [2.75, 3.05) is 13.7 Å². The largest absolute Gasteiger partial charge is 0.411 e. The maximum Gasteiger partial charge on any atom is 0.411 e. The van der Waals surface area contributed by atoms with E-state index in [9.17, 15) is 9.59 Å². The monoisotopic (exact) mass is 608 g/mol. The fraction of sp³-hybridized carbons (Fsp3) is 0.231. The van der Waals surface area contributed by atoms with Gasteiger partial charge in [0.2, 0.25) is 5.88 Å². The first kappa shape index (κ1) is 27.5. The minimum absolute atomic E-state index is 0.0799. The van der Waals surface area contributed by atoms with Crippen LogP contribution in [0, 0.1) is 0 Å². The van der Waals surface area contributed by atoms with Gasteiger partial charge in [-0.2, -0.15) is 4.68 Å². The van der Waals surface area contributed by atoms with Crippen molar-refractivity contribution in [2.24, 2.45) is 5.73 Å². The molecule has 1 amide bonds. The summed E-state index contributed by atoms with van der Waals surface area (Å²) in [5, 5.41) is 12.1. The Morgan fingerprint density at radius 2 is 2.07 bits per heavy atom. The van der Waals surface area contributed by atoms with Crippen LogP contribution in [0.5, 0.6) is 5.88 Å². The summed E-state index contributed by atoms with van der Waals surface area (Å²) in [6.07, 6.45) is 3.48. The Kier molecular flexibility index (Phi) is 7.41. The number of hydrogen-bond donors (Lipinski definition) is 2. The van der Waals surface area contributed by atoms with Crippen LogP contribution in [-0.4, -0.2) is 64.5 Å². The second-order valence-corrected chi connectivity index (χ2v) is 10.2. The number of fused-ring (bicyclic) bond motifs is 1. The molecule has 0 radical (unpaired) electrons. The van der Waals surface area contributed by atoms with Crippen LogP contribution in [0.2, 0.25) is 10.2 Å². The number of nitrogens with one attached hydrogen (secondary N) is 1. The van der Waals surface area contributed by atoms with Crippen molar-refractivity contribution in [1.82, 2.24) is 44.7 Å². The zero-order valence-corrected chi connectivity index (χ0v) is 23.5. The number of benzene rings is 1. The Morgan fingerprint density at radius 1 is 1.21 bits per heavy atom. The highest BCUT2D eigenvalue weighted by Gasteiger charge is 2.30. The van der Waals surface area contributed by atoms with Gasteiger partial charge >= 0.3 is 6.09 Å². The molecule has 3 N–H and O–H groups in total. The van der Waals surface area contributed by atoms with Crippen molar-refractivity contribution in [3.63, 3.8) is 0 Å². The Labute approximate surface area is 247 Å². The molecule has 0 saturated heterocycles. The fourth-order valence-corrected chi connectivity index (χ4v) is 5.37. The number of rotatable bonds is 8. The maximum atomic E-state index is 13.5. The number of carbonyl (C=O) groups excluding carboxylic acids is 1. The lowest BCUT2D eigenvalue weighted by atomic mass is 10.1. The van der Waals surface area contributed by atoms with Crippen LogP contribution in [-0.2, 0) is 17.6 Å². The summed E-state index contributed by atoms with van der Waals surface area (Å²) in [5.74, 6) is 1.17. The van der Waals surface area contributed by atoms with E-state index in [-0.39, 0.29) is 16.6 Å². The number of amides is 1. The van der Waals surface area contributed by atoms with Gasteiger partial charge in [-0.25, -0.2) is 19.7 Å². The number of tetrazole rings is 1. The zero-order valence-electron chi connectivity index (χ0n) is 22.0. The Hall–Kier alpha value is -4.66. The number of aryl methyl sites for hydroxylation is 1. The van der Waals surface area contributed by atoms with Crippen LogP contribution in [0.25, 0.3) is 28.2 Å². The molecule has 5 aromatic rings. The minimum Gasteiger partial charge on any atom is -0.391 e. The highest BCUT2D eigenvalue weighted by molar-refractivity contribution is 6.32. The molecule has 214 valence electrons. The second kappa shape index (κ2) is 11.3. The fourth-order valence-electron chi connectivity index (χ4n) is 4.95. The summed E-state index contributed by atoms with van der Waals surface area (Å²) in [7, 11) is 1.56. The van der Waals surface area contributed by atoms with E-state index in [1.165, 1.54) is 23.3 Å². The standard InChI is InChI=1S/C26H22Cl2N10O4/c1-41-7-6-13-8-14(11-30-25(13)42-26(29)40)22-23(28)34-24(33-22)19-4-5-20-32-17(10-21(39)38(19)20)16-9-15(27)2-3-18(16)37-12-31-35-36-37/h2-3,8-12,19H,4-7H2,1H3,(H2,29,40)(H,33,34)/t19-/m0/s1. The van der Waals surface area contributed by atoms with Crippen molar-refractivity contribution in [2.45, 2.75) is 25.3 Å². The number of methoxy groups -OCH3 is 1. The van der Waals surface area contributed by atoms with Gasteiger partial charge in [-0.1, -0.05) is 23.2 Å². The zero-order chi connectivity index (χ0) is 29.4. The summed E-state index contributed by atoms with van der Waals surface area (Å²) in [6.45, 7) is 0.364. The summed E-state index contributed by atoms with van der Waals surface area (Å²) in [5.41, 5.74) is 8.22. The molecule has 1 atom stereocenters. The van der Waals surface area contributed by atoms with E-state index in [2.05, 4.69) is 25.5 Å². The number of pyridine rings is 1. The molecule has 0 fully saturated rings. The average Bonchev–Trinajstić information content (AvgIpc) is 3.72. The van der Waals surface area contributed by atoms with Crippen molar-refractivity contribution < 1.29 is 14.3 Å². The topological polar surface area (TPSA) is 182 Å². The van der Waals surface area contributed by atoms with Crippen LogP contribution in [0.3, 0.4) is 0 Å². The molecule has 4 aromatic heterocycles. The lowest BCUT2D eigenvalue weighted by molar-refractivity contribution is 0.198. The van der Waals surface area contributed by atoms with Gasteiger partial charge in [0.25, 0.3) is 5.56 Å². The molecule has 14 nitrogen and oxygen atoms in total. The quantitative estimate of drug-likeness (QED) is 0.265. The molecule has 0 unspecified atom stereocenters. The first-order valence-corrected chi connectivity index (χ1v) is 13.4. The average molecular weight is 609 g/mol. The van der Waals surface area contributed by atoms with E-state index in [1.807, 2.05) is 0 Å². The molecule has 1 aliphatic heterocycles. The number of aromatic amines is 1. The summed E-state index contributed by atoms with van der Waals surface area (Å²) >= 11 is 12.9. The Bertz CT molecular complexity index is 1850.